The maximum Gasteiger partial charge on any atom is 0.324 e. The summed E-state index contributed by atoms with van der Waals surface area (Å²) in [5, 5.41) is 9.06. The molecule has 0 radical (unpaired) electrons. The monoisotopic (exact) mass is 407 g/mol. The van der Waals surface area contributed by atoms with Gasteiger partial charge in [0.05, 0.1) is 16.9 Å². The molecule has 0 saturated heterocycles. The van der Waals surface area contributed by atoms with Crippen LogP contribution >= 0.6 is 0 Å². The summed E-state index contributed by atoms with van der Waals surface area (Å²) >= 11 is 0. The number of hydrogen-bond acceptors (Lipinski definition) is 8. The number of carbonyl (C=O) groups excluding carboxylic acids is 2. The van der Waals surface area contributed by atoms with E-state index in [-0.39, 0.29) is 16.1 Å². The molecule has 2 aromatic carbocycles. The van der Waals surface area contributed by atoms with Gasteiger partial charge in [-0.15, -0.1) is 0 Å². The molecule has 0 bridgehead atoms. The first-order valence-electron chi connectivity index (χ1n) is 7.99. The van der Waals surface area contributed by atoms with E-state index in [1.54, 1.807) is 12.1 Å². The van der Waals surface area contributed by atoms with Crippen LogP contribution in [0.15, 0.2) is 53.4 Å². The van der Waals surface area contributed by atoms with Gasteiger partial charge in [0.2, 0.25) is 0 Å². The van der Waals surface area contributed by atoms with Gasteiger partial charge in [0.1, 0.15) is 5.75 Å². The number of Topliss-reactive ketones (excluding diaryl/α,β-unsaturated/α-hetero) is 1. The van der Waals surface area contributed by atoms with Crippen molar-refractivity contribution in [1.29, 1.82) is 0 Å². The number of benzene rings is 2. The van der Waals surface area contributed by atoms with Gasteiger partial charge in [-0.1, -0.05) is 0 Å². The number of nitro groups is 1. The Kier molecular flexibility index (Phi) is 6.47. The highest BCUT2D eigenvalue weighted by Crippen LogP contribution is 2.20. The lowest BCUT2D eigenvalue weighted by molar-refractivity contribution is -0.384. The highest BCUT2D eigenvalue weighted by atomic mass is 32.2. The number of nitrogens with zero attached hydrogens (tertiary/aromatic N) is 1. The van der Waals surface area contributed by atoms with Gasteiger partial charge in [-0.05, 0) is 43.3 Å². The molecule has 9 nitrogen and oxygen atoms in total. The second-order valence-electron chi connectivity index (χ2n) is 5.70. The van der Waals surface area contributed by atoms with Crippen LogP contribution in [0.1, 0.15) is 17.3 Å². The normalized spacial score (nSPS) is 12.1. The van der Waals surface area contributed by atoms with E-state index >= 15 is 0 Å². The Bertz CT molecular complexity index is 981. The van der Waals surface area contributed by atoms with Crippen LogP contribution in [-0.4, -0.2) is 44.1 Å². The number of ketones is 1. The number of sulfone groups is 1. The van der Waals surface area contributed by atoms with Crippen molar-refractivity contribution in [3.63, 3.8) is 0 Å². The zero-order chi connectivity index (χ0) is 20.9. The molecule has 2 rings (SSSR count). The number of hydrogen-bond donors (Lipinski definition) is 0. The predicted octanol–water partition coefficient (Wildman–Crippen LogP) is 2.19. The van der Waals surface area contributed by atoms with Crippen molar-refractivity contribution in [2.75, 3.05) is 13.7 Å². The number of non-ortho nitro benzene ring substituents is 1. The lowest BCUT2D eigenvalue weighted by Gasteiger charge is -2.12. The molecule has 0 amide bonds. The van der Waals surface area contributed by atoms with Crippen LogP contribution in [0.3, 0.4) is 0 Å². The van der Waals surface area contributed by atoms with Crippen molar-refractivity contribution in [2.24, 2.45) is 0 Å². The van der Waals surface area contributed by atoms with Crippen molar-refractivity contribution in [2.45, 2.75) is 17.1 Å². The Labute approximate surface area is 161 Å². The maximum absolute atomic E-state index is 12.5. The van der Waals surface area contributed by atoms with Gasteiger partial charge in [-0.3, -0.25) is 19.7 Å². The zero-order valence-electron chi connectivity index (χ0n) is 15.0. The minimum Gasteiger partial charge on any atom is -0.497 e. The summed E-state index contributed by atoms with van der Waals surface area (Å²) in [6.07, 6.45) is 0. The second kappa shape index (κ2) is 8.61. The smallest absolute Gasteiger partial charge is 0.324 e. The molecular weight excluding hydrogens is 390 g/mol. The van der Waals surface area contributed by atoms with Crippen molar-refractivity contribution >= 4 is 27.3 Å². The second-order valence-corrected chi connectivity index (χ2v) is 7.97. The molecule has 0 saturated carbocycles. The Balaban J connectivity index is 2.04. The van der Waals surface area contributed by atoms with E-state index in [4.69, 9.17) is 9.47 Å². The molecule has 0 fully saturated rings. The van der Waals surface area contributed by atoms with Crippen LogP contribution < -0.4 is 4.74 Å². The highest BCUT2D eigenvalue weighted by Gasteiger charge is 2.32. The molecule has 1 atom stereocenters. The van der Waals surface area contributed by atoms with E-state index in [9.17, 15) is 28.1 Å². The number of rotatable bonds is 8. The maximum atomic E-state index is 12.5. The molecule has 0 unspecified atom stereocenters. The fraction of sp³-hybridized carbons (Fsp3) is 0.222. The van der Waals surface area contributed by atoms with Gasteiger partial charge in [0.15, 0.2) is 27.5 Å². The lowest BCUT2D eigenvalue weighted by atomic mass is 10.1. The van der Waals surface area contributed by atoms with Crippen molar-refractivity contribution in [1.82, 2.24) is 0 Å². The standard InChI is InChI=1S/C18H17NO8S/c1-12(28(24,25)16-9-5-14(6-10-16)19(22)23)18(21)27-11-17(20)13-3-7-15(26-2)8-4-13/h3-10,12H,11H2,1-2H3/t12-/m1/s1. The van der Waals surface area contributed by atoms with E-state index in [0.717, 1.165) is 31.2 Å². The van der Waals surface area contributed by atoms with Crippen LogP contribution in [0.5, 0.6) is 5.75 Å². The zero-order valence-corrected chi connectivity index (χ0v) is 15.8. The van der Waals surface area contributed by atoms with Crippen molar-refractivity contribution < 1.29 is 32.4 Å². The fourth-order valence-corrected chi connectivity index (χ4v) is 3.45. The first-order chi connectivity index (χ1) is 13.2. The van der Waals surface area contributed by atoms with E-state index in [2.05, 4.69) is 0 Å². The van der Waals surface area contributed by atoms with Gasteiger partial charge in [-0.25, -0.2) is 8.42 Å². The van der Waals surface area contributed by atoms with Gasteiger partial charge in [0, 0.05) is 17.7 Å². The molecule has 10 heteroatoms. The van der Waals surface area contributed by atoms with E-state index < -0.39 is 38.4 Å². The number of esters is 1. The minimum absolute atomic E-state index is 0.260. The summed E-state index contributed by atoms with van der Waals surface area (Å²) in [6, 6.07) is 10.3. The molecule has 0 aromatic heterocycles. The molecule has 0 spiro atoms. The largest absolute Gasteiger partial charge is 0.497 e. The number of nitro benzene ring substituents is 1. The van der Waals surface area contributed by atoms with Gasteiger partial charge < -0.3 is 9.47 Å². The Hall–Kier alpha value is -3.27. The third kappa shape index (κ3) is 4.71. The summed E-state index contributed by atoms with van der Waals surface area (Å²) in [4.78, 5) is 33.9. The summed E-state index contributed by atoms with van der Waals surface area (Å²) in [6.45, 7) is 0.502. The average molecular weight is 407 g/mol. The molecule has 0 aliphatic carbocycles. The molecule has 2 aromatic rings. The van der Waals surface area contributed by atoms with Crippen LogP contribution in [0.25, 0.3) is 0 Å². The molecule has 0 N–H and O–H groups in total. The van der Waals surface area contributed by atoms with E-state index in [1.165, 1.54) is 19.2 Å². The average Bonchev–Trinajstić information content (AvgIpc) is 2.71. The van der Waals surface area contributed by atoms with E-state index in [1.807, 2.05) is 0 Å². The summed E-state index contributed by atoms with van der Waals surface area (Å²) in [5.41, 5.74) is -0.00116. The minimum atomic E-state index is -4.13. The molecule has 28 heavy (non-hydrogen) atoms. The highest BCUT2D eigenvalue weighted by molar-refractivity contribution is 7.92. The summed E-state index contributed by atoms with van der Waals surface area (Å²) in [5.74, 6) is -1.05. The van der Waals surface area contributed by atoms with Crippen LogP contribution in [0.2, 0.25) is 0 Å². The number of methoxy groups -OCH3 is 1. The molecular formula is C18H17NO8S. The quantitative estimate of drug-likeness (QED) is 0.282. The Morgan fingerprint density at radius 3 is 2.14 bits per heavy atom. The molecule has 0 aliphatic heterocycles. The summed E-state index contributed by atoms with van der Waals surface area (Å²) in [7, 11) is -2.65. The fourth-order valence-electron chi connectivity index (χ4n) is 2.20. The first kappa shape index (κ1) is 21.0. The van der Waals surface area contributed by atoms with Crippen molar-refractivity contribution in [3.05, 3.63) is 64.2 Å². The number of ether oxygens (including phenoxy) is 2. The molecule has 0 aliphatic rings. The van der Waals surface area contributed by atoms with E-state index in [0.29, 0.717) is 5.75 Å². The van der Waals surface area contributed by atoms with Gasteiger partial charge in [0.25, 0.3) is 5.69 Å². The van der Waals surface area contributed by atoms with Gasteiger partial charge >= 0.3 is 5.97 Å². The SMILES string of the molecule is COc1ccc(C(=O)COC(=O)[C@@H](C)S(=O)(=O)c2ccc([N+](=O)[O-])cc2)cc1. The summed E-state index contributed by atoms with van der Waals surface area (Å²) < 4.78 is 34.8. The van der Waals surface area contributed by atoms with Crippen LogP contribution in [-0.2, 0) is 19.4 Å². The first-order valence-corrected chi connectivity index (χ1v) is 9.53. The van der Waals surface area contributed by atoms with Crippen LogP contribution in [0, 0.1) is 10.1 Å². The third-order valence-electron chi connectivity index (χ3n) is 3.93. The van der Waals surface area contributed by atoms with Crippen molar-refractivity contribution in [3.8, 4) is 5.75 Å². The topological polar surface area (TPSA) is 130 Å². The predicted molar refractivity (Wildman–Crippen MR) is 98.0 cm³/mol. The van der Waals surface area contributed by atoms with Gasteiger partial charge in [-0.2, -0.15) is 0 Å². The Morgan fingerprint density at radius 1 is 1.07 bits per heavy atom. The molecule has 0 heterocycles. The van der Waals surface area contributed by atoms with Crippen LogP contribution in [0.4, 0.5) is 5.69 Å². The number of carbonyl (C=O) groups is 2. The Morgan fingerprint density at radius 2 is 1.64 bits per heavy atom. The molecule has 148 valence electrons. The third-order valence-corrected chi connectivity index (χ3v) is 5.98. The lowest BCUT2D eigenvalue weighted by Crippen LogP contribution is -2.30.